The molecule has 1 atom stereocenters. The molecule has 5 nitrogen and oxygen atoms in total. The first-order valence-corrected chi connectivity index (χ1v) is 9.81. The Hall–Kier alpha value is -0.730. The van der Waals surface area contributed by atoms with Crippen LogP contribution >= 0.6 is 35.6 Å². The summed E-state index contributed by atoms with van der Waals surface area (Å²) in [6.07, 6.45) is 2.56. The van der Waals surface area contributed by atoms with Crippen molar-refractivity contribution in [3.8, 4) is 0 Å². The molecule has 2 aliphatic rings. The van der Waals surface area contributed by atoms with Gasteiger partial charge in [0.25, 0.3) is 0 Å². The summed E-state index contributed by atoms with van der Waals surface area (Å²) in [4.78, 5) is 11.8. The van der Waals surface area contributed by atoms with Crippen molar-refractivity contribution in [3.05, 3.63) is 29.3 Å². The zero-order chi connectivity index (χ0) is 17.6. The van der Waals surface area contributed by atoms with E-state index in [4.69, 9.17) is 22.3 Å². The number of nitrogens with zero attached hydrogens (tertiary/aromatic N) is 4. The van der Waals surface area contributed by atoms with Gasteiger partial charge < -0.3 is 20.4 Å². The lowest BCUT2D eigenvalue weighted by Crippen LogP contribution is -2.51. The summed E-state index contributed by atoms with van der Waals surface area (Å²) in [6.45, 7) is 10.4. The molecule has 2 heterocycles. The molecule has 146 valence electrons. The molecule has 3 rings (SSSR count). The average Bonchev–Trinajstić information content (AvgIpc) is 2.67. The van der Waals surface area contributed by atoms with E-state index in [1.54, 1.807) is 0 Å². The Bertz CT molecular complexity index is 572. The number of benzene rings is 1. The number of nitrogens with two attached hydrogens (primary N) is 1. The van der Waals surface area contributed by atoms with E-state index in [-0.39, 0.29) is 24.0 Å². The fraction of sp³-hybridized carbons (Fsp3) is 0.632. The van der Waals surface area contributed by atoms with Gasteiger partial charge in [-0.3, -0.25) is 4.99 Å². The quantitative estimate of drug-likeness (QED) is 0.399. The summed E-state index contributed by atoms with van der Waals surface area (Å²) < 4.78 is 0. The Morgan fingerprint density at radius 3 is 2.50 bits per heavy atom. The van der Waals surface area contributed by atoms with Crippen LogP contribution in [0.25, 0.3) is 0 Å². The number of aliphatic imine (C=N–C) groups is 1. The van der Waals surface area contributed by atoms with Crippen molar-refractivity contribution in [2.45, 2.75) is 19.8 Å². The van der Waals surface area contributed by atoms with Crippen LogP contribution in [-0.4, -0.2) is 68.1 Å². The predicted molar refractivity (Wildman–Crippen MR) is 122 cm³/mol. The lowest BCUT2D eigenvalue weighted by atomic mass is 9.98. The van der Waals surface area contributed by atoms with Gasteiger partial charge in [0.2, 0.25) is 0 Å². The first-order chi connectivity index (χ1) is 12.2. The minimum Gasteiger partial charge on any atom is -0.370 e. The highest BCUT2D eigenvalue weighted by Gasteiger charge is 2.21. The third kappa shape index (κ3) is 5.89. The van der Waals surface area contributed by atoms with Gasteiger partial charge in [0, 0.05) is 50.0 Å². The molecular formula is C19H31ClIN5. The number of likely N-dealkylation sites (tertiary alicyclic amines) is 1. The number of piperidine rings is 1. The van der Waals surface area contributed by atoms with Gasteiger partial charge in [-0.2, -0.15) is 0 Å². The fourth-order valence-electron chi connectivity index (χ4n) is 3.76. The first-order valence-electron chi connectivity index (χ1n) is 9.43. The number of piperazine rings is 1. The summed E-state index contributed by atoms with van der Waals surface area (Å²) in [5.41, 5.74) is 7.49. The summed E-state index contributed by atoms with van der Waals surface area (Å²) in [5, 5.41) is 0.781. The van der Waals surface area contributed by atoms with Gasteiger partial charge >= 0.3 is 0 Å². The van der Waals surface area contributed by atoms with Crippen LogP contribution in [-0.2, 0) is 0 Å². The van der Waals surface area contributed by atoms with Gasteiger partial charge in [-0.1, -0.05) is 18.5 Å². The number of hydrogen-bond acceptors (Lipinski definition) is 3. The van der Waals surface area contributed by atoms with E-state index in [2.05, 4.69) is 33.8 Å². The second-order valence-corrected chi connectivity index (χ2v) is 7.49. The Kier molecular flexibility index (Phi) is 8.76. The Morgan fingerprint density at radius 2 is 1.85 bits per heavy atom. The maximum absolute atomic E-state index is 6.26. The van der Waals surface area contributed by atoms with Gasteiger partial charge in [0.15, 0.2) is 5.96 Å². The molecule has 1 aromatic carbocycles. The highest BCUT2D eigenvalue weighted by atomic mass is 127. The number of hydrogen-bond donors (Lipinski definition) is 1. The summed E-state index contributed by atoms with van der Waals surface area (Å²) >= 11 is 5.97. The van der Waals surface area contributed by atoms with Crippen molar-refractivity contribution >= 4 is 47.2 Å². The molecule has 2 aliphatic heterocycles. The highest BCUT2D eigenvalue weighted by molar-refractivity contribution is 14.0. The van der Waals surface area contributed by atoms with Crippen molar-refractivity contribution in [3.63, 3.8) is 0 Å². The number of rotatable bonds is 4. The van der Waals surface area contributed by atoms with Gasteiger partial charge in [-0.15, -0.1) is 24.0 Å². The standard InChI is InChI=1S/C19H30ClN5.HI/c1-2-23-9-3-4-16(15-23)14-22-19(21)25-12-10-24(11-13-25)18-7-5-17(20)6-8-18;/h5-8,16H,2-4,9-15H2,1H3,(H2,21,22);1H. The number of halogens is 2. The highest BCUT2D eigenvalue weighted by Crippen LogP contribution is 2.20. The lowest BCUT2D eigenvalue weighted by molar-refractivity contribution is 0.186. The molecule has 26 heavy (non-hydrogen) atoms. The van der Waals surface area contributed by atoms with E-state index in [9.17, 15) is 0 Å². The van der Waals surface area contributed by atoms with Crippen molar-refractivity contribution in [1.29, 1.82) is 0 Å². The van der Waals surface area contributed by atoms with Gasteiger partial charge in [-0.25, -0.2) is 0 Å². The summed E-state index contributed by atoms with van der Waals surface area (Å²) in [7, 11) is 0. The van der Waals surface area contributed by atoms with E-state index in [0.29, 0.717) is 11.9 Å². The monoisotopic (exact) mass is 491 g/mol. The molecule has 0 bridgehead atoms. The van der Waals surface area contributed by atoms with Crippen molar-refractivity contribution in [1.82, 2.24) is 9.80 Å². The molecule has 1 unspecified atom stereocenters. The number of anilines is 1. The van der Waals surface area contributed by atoms with E-state index in [0.717, 1.165) is 50.8 Å². The predicted octanol–water partition coefficient (Wildman–Crippen LogP) is 3.13. The molecule has 0 saturated carbocycles. The molecule has 0 spiro atoms. The second-order valence-electron chi connectivity index (χ2n) is 7.05. The third-order valence-electron chi connectivity index (χ3n) is 5.36. The number of guanidine groups is 1. The normalized spacial score (nSPS) is 22.2. The molecular weight excluding hydrogens is 461 g/mol. The van der Waals surface area contributed by atoms with Gasteiger partial charge in [-0.05, 0) is 56.1 Å². The molecule has 7 heteroatoms. The fourth-order valence-corrected chi connectivity index (χ4v) is 3.88. The molecule has 2 fully saturated rings. The minimum atomic E-state index is 0. The van der Waals surface area contributed by atoms with Gasteiger partial charge in [0.1, 0.15) is 0 Å². The molecule has 0 aromatic heterocycles. The van der Waals surface area contributed by atoms with Crippen molar-refractivity contribution < 1.29 is 0 Å². The van der Waals surface area contributed by atoms with Crippen molar-refractivity contribution in [2.24, 2.45) is 16.6 Å². The van der Waals surface area contributed by atoms with Crippen LogP contribution in [0, 0.1) is 5.92 Å². The van der Waals surface area contributed by atoms with Crippen LogP contribution in [0.4, 0.5) is 5.69 Å². The van der Waals surface area contributed by atoms with Crippen LogP contribution in [0.5, 0.6) is 0 Å². The summed E-state index contributed by atoms with van der Waals surface area (Å²) in [6, 6.07) is 8.06. The van der Waals surface area contributed by atoms with Crippen molar-refractivity contribution in [2.75, 3.05) is 57.3 Å². The van der Waals surface area contributed by atoms with Crippen LogP contribution in [0.1, 0.15) is 19.8 Å². The Balaban J connectivity index is 0.00000243. The van der Waals surface area contributed by atoms with E-state index in [1.165, 1.54) is 25.1 Å². The zero-order valence-electron chi connectivity index (χ0n) is 15.6. The molecule has 0 radical (unpaired) electrons. The lowest BCUT2D eigenvalue weighted by Gasteiger charge is -2.37. The van der Waals surface area contributed by atoms with Crippen LogP contribution < -0.4 is 10.6 Å². The first kappa shape index (κ1) is 21.6. The van der Waals surface area contributed by atoms with Gasteiger partial charge in [0.05, 0.1) is 0 Å². The Labute approximate surface area is 179 Å². The van der Waals surface area contributed by atoms with E-state index in [1.807, 2.05) is 12.1 Å². The third-order valence-corrected chi connectivity index (χ3v) is 5.61. The summed E-state index contributed by atoms with van der Waals surface area (Å²) in [5.74, 6) is 1.37. The molecule has 0 aliphatic carbocycles. The van der Waals surface area contributed by atoms with Crippen LogP contribution in [0.3, 0.4) is 0 Å². The zero-order valence-corrected chi connectivity index (χ0v) is 18.7. The maximum atomic E-state index is 6.26. The maximum Gasteiger partial charge on any atom is 0.191 e. The second kappa shape index (κ2) is 10.6. The van der Waals surface area contributed by atoms with E-state index >= 15 is 0 Å². The minimum absolute atomic E-state index is 0. The molecule has 2 N–H and O–H groups in total. The van der Waals surface area contributed by atoms with Crippen LogP contribution in [0.15, 0.2) is 29.3 Å². The van der Waals surface area contributed by atoms with Crippen LogP contribution in [0.2, 0.25) is 5.02 Å². The molecule has 0 amide bonds. The molecule has 2 saturated heterocycles. The SMILES string of the molecule is CCN1CCCC(CN=C(N)N2CCN(c3ccc(Cl)cc3)CC2)C1.I. The Morgan fingerprint density at radius 1 is 1.15 bits per heavy atom. The molecule has 1 aromatic rings. The topological polar surface area (TPSA) is 48.1 Å². The average molecular weight is 492 g/mol. The smallest absolute Gasteiger partial charge is 0.191 e. The largest absolute Gasteiger partial charge is 0.370 e. The van der Waals surface area contributed by atoms with E-state index < -0.39 is 0 Å².